The maximum absolute atomic E-state index is 12.6. The van der Waals surface area contributed by atoms with Gasteiger partial charge in [0, 0.05) is 24.8 Å². The molecule has 2 aromatic carbocycles. The lowest BCUT2D eigenvalue weighted by atomic mass is 10.2. The third-order valence-corrected chi connectivity index (χ3v) is 4.38. The van der Waals surface area contributed by atoms with Gasteiger partial charge in [0.15, 0.2) is 0 Å². The van der Waals surface area contributed by atoms with Crippen LogP contribution in [0.1, 0.15) is 12.5 Å². The minimum absolute atomic E-state index is 0.277. The third-order valence-electron chi connectivity index (χ3n) is 4.38. The number of hydroxylamine groups is 1. The average Bonchev–Trinajstić information content (AvgIpc) is 3.07. The van der Waals surface area contributed by atoms with Crippen LogP contribution in [0.4, 0.5) is 10.5 Å². The van der Waals surface area contributed by atoms with Crippen LogP contribution in [0.3, 0.4) is 0 Å². The molecule has 1 saturated heterocycles. The molecule has 0 aliphatic carbocycles. The molecule has 1 heterocycles. The molecular weight excluding hydrogens is 334 g/mol. The molecule has 0 aromatic heterocycles. The Labute approximate surface area is 151 Å². The molecule has 1 unspecified atom stereocenters. The quantitative estimate of drug-likeness (QED) is 0.616. The Morgan fingerprint density at radius 1 is 1.19 bits per heavy atom. The molecule has 7 heteroatoms. The van der Waals surface area contributed by atoms with Crippen molar-refractivity contribution in [2.45, 2.75) is 19.6 Å². The van der Waals surface area contributed by atoms with Gasteiger partial charge in [0.25, 0.3) is 5.91 Å². The highest BCUT2D eigenvalue weighted by Crippen LogP contribution is 2.26. The molecular formula is C19H21N3O4. The van der Waals surface area contributed by atoms with E-state index < -0.39 is 11.9 Å². The maximum Gasteiger partial charge on any atom is 0.325 e. The number of ether oxygens (including phenoxy) is 1. The van der Waals surface area contributed by atoms with Gasteiger partial charge in [-0.25, -0.2) is 10.3 Å². The van der Waals surface area contributed by atoms with Crippen molar-refractivity contribution in [1.29, 1.82) is 0 Å². The molecule has 0 radical (unpaired) electrons. The molecule has 0 saturated carbocycles. The summed E-state index contributed by atoms with van der Waals surface area (Å²) in [5, 5.41) is 8.76. The van der Waals surface area contributed by atoms with Crippen LogP contribution in [0, 0.1) is 0 Å². The zero-order valence-electron chi connectivity index (χ0n) is 14.5. The smallest absolute Gasteiger partial charge is 0.325 e. The fourth-order valence-electron chi connectivity index (χ4n) is 2.87. The minimum atomic E-state index is -0.741. The van der Waals surface area contributed by atoms with Gasteiger partial charge in [-0.1, -0.05) is 36.4 Å². The van der Waals surface area contributed by atoms with Crippen molar-refractivity contribution >= 4 is 17.6 Å². The summed E-state index contributed by atoms with van der Waals surface area (Å²) in [5.41, 5.74) is 3.36. The van der Waals surface area contributed by atoms with Gasteiger partial charge in [0.05, 0.1) is 0 Å². The van der Waals surface area contributed by atoms with E-state index in [1.165, 1.54) is 4.90 Å². The van der Waals surface area contributed by atoms with Gasteiger partial charge in [-0.15, -0.1) is 0 Å². The summed E-state index contributed by atoms with van der Waals surface area (Å²) in [6.07, 6.45) is 0. The van der Waals surface area contributed by atoms with Crippen LogP contribution in [-0.2, 0) is 11.4 Å². The number of carbonyl (C=O) groups excluding carboxylic acids is 2. The van der Waals surface area contributed by atoms with E-state index in [1.807, 2.05) is 48.5 Å². The monoisotopic (exact) mass is 355 g/mol. The lowest BCUT2D eigenvalue weighted by Crippen LogP contribution is -2.46. The zero-order valence-corrected chi connectivity index (χ0v) is 14.5. The number of anilines is 1. The molecule has 136 valence electrons. The second-order valence-electron chi connectivity index (χ2n) is 6.05. The Kier molecular flexibility index (Phi) is 5.38. The van der Waals surface area contributed by atoms with E-state index in [9.17, 15) is 9.59 Å². The van der Waals surface area contributed by atoms with Crippen LogP contribution in [0.2, 0.25) is 0 Å². The molecule has 2 N–H and O–H groups in total. The van der Waals surface area contributed by atoms with E-state index in [0.717, 1.165) is 5.56 Å². The van der Waals surface area contributed by atoms with Crippen LogP contribution in [-0.4, -0.2) is 41.2 Å². The summed E-state index contributed by atoms with van der Waals surface area (Å²) in [6, 6.07) is 16.1. The maximum atomic E-state index is 12.6. The van der Waals surface area contributed by atoms with Crippen LogP contribution >= 0.6 is 0 Å². The number of hydrogen-bond acceptors (Lipinski definition) is 4. The first-order chi connectivity index (χ1) is 12.6. The second kappa shape index (κ2) is 7.88. The van der Waals surface area contributed by atoms with E-state index in [1.54, 1.807) is 23.4 Å². The standard InChI is InChI=1S/C19H21N3O4/c1-14(18(23)20-25)21-10-11-22(19(21)24)16-8-5-9-17(12-16)26-13-15-6-3-2-4-7-15/h2-9,12,14,25H,10-11,13H2,1H3,(H,20,23). The second-order valence-corrected chi connectivity index (χ2v) is 6.05. The van der Waals surface area contributed by atoms with E-state index in [-0.39, 0.29) is 6.03 Å². The van der Waals surface area contributed by atoms with Crippen molar-refractivity contribution in [3.8, 4) is 5.75 Å². The number of carbonyl (C=O) groups is 2. The number of benzene rings is 2. The van der Waals surface area contributed by atoms with Gasteiger partial charge >= 0.3 is 6.03 Å². The minimum Gasteiger partial charge on any atom is -0.489 e. The molecule has 0 bridgehead atoms. The topological polar surface area (TPSA) is 82.1 Å². The van der Waals surface area contributed by atoms with Crippen molar-refractivity contribution in [1.82, 2.24) is 10.4 Å². The van der Waals surface area contributed by atoms with E-state index in [0.29, 0.717) is 31.1 Å². The summed E-state index contributed by atoms with van der Waals surface area (Å²) in [6.45, 7) is 2.89. The van der Waals surface area contributed by atoms with Gasteiger partial charge in [-0.05, 0) is 24.6 Å². The van der Waals surface area contributed by atoms with E-state index in [4.69, 9.17) is 9.94 Å². The van der Waals surface area contributed by atoms with Gasteiger partial charge < -0.3 is 9.64 Å². The first kappa shape index (κ1) is 17.8. The molecule has 1 aliphatic heterocycles. The summed E-state index contributed by atoms with van der Waals surface area (Å²) >= 11 is 0. The first-order valence-corrected chi connectivity index (χ1v) is 8.39. The van der Waals surface area contributed by atoms with Crippen LogP contribution < -0.4 is 15.1 Å². The first-order valence-electron chi connectivity index (χ1n) is 8.39. The van der Waals surface area contributed by atoms with Crippen molar-refractivity contribution < 1.29 is 19.5 Å². The number of amides is 3. The number of nitrogens with zero attached hydrogens (tertiary/aromatic N) is 2. The molecule has 1 fully saturated rings. The Bertz CT molecular complexity index is 781. The highest BCUT2D eigenvalue weighted by atomic mass is 16.5. The predicted octanol–water partition coefficient (Wildman–Crippen LogP) is 2.40. The largest absolute Gasteiger partial charge is 0.489 e. The van der Waals surface area contributed by atoms with Crippen molar-refractivity contribution in [3.05, 3.63) is 60.2 Å². The molecule has 1 atom stereocenters. The number of hydrogen-bond donors (Lipinski definition) is 2. The van der Waals surface area contributed by atoms with Crippen molar-refractivity contribution in [2.75, 3.05) is 18.0 Å². The van der Waals surface area contributed by atoms with Crippen molar-refractivity contribution in [3.63, 3.8) is 0 Å². The summed E-state index contributed by atoms with van der Waals surface area (Å²) < 4.78 is 5.81. The third kappa shape index (κ3) is 3.78. The van der Waals surface area contributed by atoms with E-state index >= 15 is 0 Å². The highest BCUT2D eigenvalue weighted by Gasteiger charge is 2.35. The fourth-order valence-corrected chi connectivity index (χ4v) is 2.87. The number of rotatable bonds is 6. The van der Waals surface area contributed by atoms with Gasteiger partial charge in [0.1, 0.15) is 18.4 Å². The molecule has 3 rings (SSSR count). The van der Waals surface area contributed by atoms with Crippen LogP contribution in [0.15, 0.2) is 54.6 Å². The molecule has 2 aromatic rings. The normalized spacial score (nSPS) is 15.1. The Morgan fingerprint density at radius 3 is 2.69 bits per heavy atom. The lowest BCUT2D eigenvalue weighted by Gasteiger charge is -2.23. The van der Waals surface area contributed by atoms with Gasteiger partial charge in [0.2, 0.25) is 0 Å². The van der Waals surface area contributed by atoms with Crippen molar-refractivity contribution in [2.24, 2.45) is 0 Å². The molecule has 7 nitrogen and oxygen atoms in total. The lowest BCUT2D eigenvalue weighted by molar-refractivity contribution is -0.133. The zero-order chi connectivity index (χ0) is 18.5. The number of urea groups is 1. The van der Waals surface area contributed by atoms with Crippen LogP contribution in [0.25, 0.3) is 0 Å². The molecule has 3 amide bonds. The Hall–Kier alpha value is -3.06. The Balaban J connectivity index is 1.68. The van der Waals surface area contributed by atoms with Gasteiger partial charge in [-0.3, -0.25) is 14.9 Å². The number of nitrogens with one attached hydrogen (secondary N) is 1. The predicted molar refractivity (Wildman–Crippen MR) is 96.1 cm³/mol. The molecule has 0 spiro atoms. The Morgan fingerprint density at radius 2 is 1.96 bits per heavy atom. The van der Waals surface area contributed by atoms with E-state index in [2.05, 4.69) is 0 Å². The SMILES string of the molecule is CC(C(=O)NO)N1CCN(c2cccc(OCc3ccccc3)c2)C1=O. The summed E-state index contributed by atoms with van der Waals surface area (Å²) in [7, 11) is 0. The highest BCUT2D eigenvalue weighted by molar-refractivity contribution is 5.97. The summed E-state index contributed by atoms with van der Waals surface area (Å²) in [5.74, 6) is 0.0545. The van der Waals surface area contributed by atoms with Gasteiger partial charge in [-0.2, -0.15) is 0 Å². The molecule has 26 heavy (non-hydrogen) atoms. The molecule has 1 aliphatic rings. The summed E-state index contributed by atoms with van der Waals surface area (Å²) in [4.78, 5) is 27.2. The average molecular weight is 355 g/mol. The van der Waals surface area contributed by atoms with Crippen LogP contribution in [0.5, 0.6) is 5.75 Å². The fraction of sp³-hybridized carbons (Fsp3) is 0.263.